The molecule has 1 heterocycles. The largest absolute Gasteiger partial charge is 0.389 e. The topological polar surface area (TPSA) is 46.5 Å². The molecule has 8 atom stereocenters. The average Bonchev–Trinajstić information content (AvgIpc) is 3.02. The van der Waals surface area contributed by atoms with Crippen molar-refractivity contribution >= 4 is 5.78 Å². The molecule has 5 aliphatic rings. The molecule has 5 rings (SSSR count). The lowest BCUT2D eigenvalue weighted by Gasteiger charge is -2.57. The van der Waals surface area contributed by atoms with Crippen LogP contribution < -0.4 is 0 Å². The molecule has 4 aliphatic carbocycles. The molecule has 4 fully saturated rings. The summed E-state index contributed by atoms with van der Waals surface area (Å²) in [5.41, 5.74) is 1.87. The van der Waals surface area contributed by atoms with Gasteiger partial charge in [0.25, 0.3) is 0 Å². The van der Waals surface area contributed by atoms with Crippen LogP contribution in [0.25, 0.3) is 0 Å². The molecule has 3 nitrogen and oxygen atoms in total. The van der Waals surface area contributed by atoms with Crippen molar-refractivity contribution < 1.29 is 14.6 Å². The molecular formula is C21H30O3. The quantitative estimate of drug-likeness (QED) is 0.749. The van der Waals surface area contributed by atoms with Crippen molar-refractivity contribution in [2.75, 3.05) is 6.61 Å². The highest BCUT2D eigenvalue weighted by molar-refractivity contribution is 5.79. The Morgan fingerprint density at radius 3 is 2.83 bits per heavy atom. The molecule has 24 heavy (non-hydrogen) atoms. The van der Waals surface area contributed by atoms with Crippen LogP contribution in [0.2, 0.25) is 0 Å². The maximum absolute atomic E-state index is 12.2. The smallest absolute Gasteiger partial charge is 0.133 e. The minimum absolute atomic E-state index is 0.211. The maximum Gasteiger partial charge on any atom is 0.133 e. The van der Waals surface area contributed by atoms with Crippen LogP contribution in [-0.2, 0) is 9.53 Å². The third kappa shape index (κ3) is 1.78. The number of aliphatic hydroxyl groups excluding tert-OH is 1. The van der Waals surface area contributed by atoms with E-state index in [1.54, 1.807) is 6.92 Å². The van der Waals surface area contributed by atoms with Gasteiger partial charge in [0, 0.05) is 11.3 Å². The van der Waals surface area contributed by atoms with Gasteiger partial charge in [-0.05, 0) is 80.6 Å². The Bertz CT molecular complexity index is 610. The Morgan fingerprint density at radius 1 is 1.21 bits per heavy atom. The number of ether oxygens (including phenoxy) is 1. The molecule has 1 aliphatic heterocycles. The molecule has 1 N–H and O–H groups in total. The number of hydrogen-bond acceptors (Lipinski definition) is 3. The van der Waals surface area contributed by atoms with Gasteiger partial charge in [0.15, 0.2) is 0 Å². The Morgan fingerprint density at radius 2 is 2.04 bits per heavy atom. The molecule has 4 unspecified atom stereocenters. The summed E-state index contributed by atoms with van der Waals surface area (Å²) >= 11 is 0. The van der Waals surface area contributed by atoms with E-state index in [0.717, 1.165) is 32.3 Å². The summed E-state index contributed by atoms with van der Waals surface area (Å²) in [5.74, 6) is 2.81. The van der Waals surface area contributed by atoms with Crippen LogP contribution in [0.5, 0.6) is 0 Å². The Kier molecular flexibility index (Phi) is 3.21. The van der Waals surface area contributed by atoms with Gasteiger partial charge in [0.2, 0.25) is 0 Å². The van der Waals surface area contributed by atoms with E-state index in [9.17, 15) is 9.90 Å². The predicted molar refractivity (Wildman–Crippen MR) is 91.3 cm³/mol. The van der Waals surface area contributed by atoms with E-state index in [0.29, 0.717) is 23.5 Å². The molecule has 132 valence electrons. The molecule has 0 aromatic rings. The Hall–Kier alpha value is -0.670. The number of fused-ring (bicyclic) bond motifs is 3. The monoisotopic (exact) mass is 330 g/mol. The average molecular weight is 330 g/mol. The van der Waals surface area contributed by atoms with Gasteiger partial charge >= 0.3 is 0 Å². The van der Waals surface area contributed by atoms with Crippen molar-refractivity contribution in [1.29, 1.82) is 0 Å². The van der Waals surface area contributed by atoms with Gasteiger partial charge in [-0.2, -0.15) is 0 Å². The van der Waals surface area contributed by atoms with E-state index in [4.69, 9.17) is 4.74 Å². The second-order valence-corrected chi connectivity index (χ2v) is 9.58. The molecule has 0 aromatic heterocycles. The summed E-state index contributed by atoms with van der Waals surface area (Å²) in [6, 6.07) is 0. The second-order valence-electron chi connectivity index (χ2n) is 9.58. The van der Waals surface area contributed by atoms with E-state index in [1.165, 1.54) is 24.8 Å². The lowest BCUT2D eigenvalue weighted by Crippen LogP contribution is -2.53. The fourth-order valence-electron chi connectivity index (χ4n) is 7.85. The molecular weight excluding hydrogens is 300 g/mol. The summed E-state index contributed by atoms with van der Waals surface area (Å²) in [6.07, 6.45) is 9.98. The fraction of sp³-hybridized carbons (Fsp3) is 0.857. The van der Waals surface area contributed by atoms with Crippen LogP contribution in [0.15, 0.2) is 11.6 Å². The summed E-state index contributed by atoms with van der Waals surface area (Å²) in [7, 11) is 0. The molecule has 0 aromatic carbocycles. The van der Waals surface area contributed by atoms with E-state index in [1.807, 2.05) is 0 Å². The van der Waals surface area contributed by atoms with Gasteiger partial charge in [0.05, 0.1) is 18.8 Å². The molecule has 0 spiro atoms. The van der Waals surface area contributed by atoms with Crippen molar-refractivity contribution in [2.45, 2.75) is 71.0 Å². The third-order valence-electron chi connectivity index (χ3n) is 8.85. The van der Waals surface area contributed by atoms with Crippen molar-refractivity contribution in [2.24, 2.45) is 34.5 Å². The predicted octanol–water partition coefficient (Wildman–Crippen LogP) is 3.50. The molecule has 2 bridgehead atoms. The zero-order chi connectivity index (χ0) is 16.7. The SMILES string of the molecule is CC(=O)[C@H]1CCC2C3CC4OC[C@@]5(CC[C@@H](O)C=C45)C3CC[C@@]21C. The summed E-state index contributed by atoms with van der Waals surface area (Å²) in [4.78, 5) is 12.2. The zero-order valence-corrected chi connectivity index (χ0v) is 15.0. The van der Waals surface area contributed by atoms with Crippen LogP contribution >= 0.6 is 0 Å². The number of Topliss-reactive ketones (excluding diaryl/α,β-unsaturated/α-hetero) is 1. The lowest BCUT2D eigenvalue weighted by molar-refractivity contribution is -0.127. The molecule has 3 saturated carbocycles. The van der Waals surface area contributed by atoms with Crippen LogP contribution in [0.1, 0.15) is 58.8 Å². The van der Waals surface area contributed by atoms with Gasteiger partial charge in [0.1, 0.15) is 5.78 Å². The van der Waals surface area contributed by atoms with Crippen molar-refractivity contribution in [3.05, 3.63) is 11.6 Å². The molecule has 0 radical (unpaired) electrons. The number of ketones is 1. The van der Waals surface area contributed by atoms with Gasteiger partial charge in [-0.1, -0.05) is 13.0 Å². The summed E-state index contributed by atoms with van der Waals surface area (Å²) in [6.45, 7) is 5.08. The number of carbonyl (C=O) groups excluding carboxylic acids is 1. The third-order valence-corrected chi connectivity index (χ3v) is 8.85. The molecule has 0 amide bonds. The van der Waals surface area contributed by atoms with E-state index in [2.05, 4.69) is 13.0 Å². The number of hydrogen-bond donors (Lipinski definition) is 1. The van der Waals surface area contributed by atoms with Gasteiger partial charge in [-0.3, -0.25) is 4.79 Å². The number of aliphatic hydroxyl groups is 1. The van der Waals surface area contributed by atoms with Gasteiger partial charge in [-0.25, -0.2) is 0 Å². The van der Waals surface area contributed by atoms with Gasteiger partial charge in [-0.15, -0.1) is 0 Å². The standard InChI is InChI=1S/C21H30O3/c1-12(22)15-3-4-16-14-10-19-18-9-13(23)5-8-21(18,11-24-19)17(14)6-7-20(15,16)2/h9,13-17,19,23H,3-8,10-11H2,1-2H3/t13-,14?,15-,16?,17?,19?,20-,21+/m1/s1. The first kappa shape index (κ1) is 15.6. The van der Waals surface area contributed by atoms with Crippen molar-refractivity contribution in [1.82, 2.24) is 0 Å². The summed E-state index contributed by atoms with van der Waals surface area (Å²) < 4.78 is 6.26. The van der Waals surface area contributed by atoms with E-state index < -0.39 is 0 Å². The lowest BCUT2D eigenvalue weighted by atomic mass is 9.46. The zero-order valence-electron chi connectivity index (χ0n) is 15.0. The van der Waals surface area contributed by atoms with E-state index >= 15 is 0 Å². The minimum atomic E-state index is -0.267. The highest BCUT2D eigenvalue weighted by atomic mass is 16.5. The maximum atomic E-state index is 12.2. The van der Waals surface area contributed by atoms with Crippen LogP contribution in [-0.4, -0.2) is 29.7 Å². The first-order chi connectivity index (χ1) is 11.5. The number of carbonyl (C=O) groups is 1. The van der Waals surface area contributed by atoms with E-state index in [-0.39, 0.29) is 29.0 Å². The van der Waals surface area contributed by atoms with Crippen molar-refractivity contribution in [3.63, 3.8) is 0 Å². The fourth-order valence-corrected chi connectivity index (χ4v) is 7.85. The molecule has 3 heteroatoms. The first-order valence-electron chi connectivity index (χ1n) is 9.98. The van der Waals surface area contributed by atoms with Crippen LogP contribution in [0.4, 0.5) is 0 Å². The van der Waals surface area contributed by atoms with Crippen LogP contribution in [0, 0.1) is 34.5 Å². The molecule has 1 saturated heterocycles. The highest BCUT2D eigenvalue weighted by Gasteiger charge is 2.64. The summed E-state index contributed by atoms with van der Waals surface area (Å²) in [5, 5.41) is 10.1. The number of rotatable bonds is 1. The van der Waals surface area contributed by atoms with Gasteiger partial charge < -0.3 is 9.84 Å². The Balaban J connectivity index is 1.53. The highest BCUT2D eigenvalue weighted by Crippen LogP contribution is 2.68. The van der Waals surface area contributed by atoms with Crippen LogP contribution in [0.3, 0.4) is 0 Å². The Labute approximate surface area is 144 Å². The minimum Gasteiger partial charge on any atom is -0.389 e. The van der Waals surface area contributed by atoms with Crippen molar-refractivity contribution in [3.8, 4) is 0 Å². The normalized spacial score (nSPS) is 55.4. The first-order valence-corrected chi connectivity index (χ1v) is 9.98. The second kappa shape index (κ2) is 4.94.